The first-order valence-corrected chi connectivity index (χ1v) is 33.0. The van der Waals surface area contributed by atoms with Gasteiger partial charge in [-0.3, -0.25) is 0 Å². The van der Waals surface area contributed by atoms with E-state index in [0.717, 1.165) is 54.9 Å². The van der Waals surface area contributed by atoms with E-state index in [2.05, 4.69) is 199 Å². The molecule has 7 aromatic carbocycles. The molecule has 8 aromatic rings. The number of benzene rings is 7. The van der Waals surface area contributed by atoms with Crippen molar-refractivity contribution >= 4 is 0 Å². The van der Waals surface area contributed by atoms with Crippen molar-refractivity contribution < 1.29 is 0 Å². The van der Waals surface area contributed by atoms with Gasteiger partial charge in [-0.25, -0.2) is 9.97 Å². The minimum Gasteiger partial charge on any atom is -0.228 e. The monoisotopic (exact) mass is 1090 g/mol. The normalized spacial score (nSPS) is 11.4. The zero-order valence-electron chi connectivity index (χ0n) is 51.7. The molecule has 0 saturated carbocycles. The van der Waals surface area contributed by atoms with Crippen LogP contribution in [-0.4, -0.2) is 9.97 Å². The lowest BCUT2D eigenvalue weighted by atomic mass is 9.87. The van der Waals surface area contributed by atoms with E-state index in [4.69, 9.17) is 9.97 Å². The van der Waals surface area contributed by atoms with Crippen molar-refractivity contribution in [2.24, 2.45) is 0 Å². The Morgan fingerprint density at radius 1 is 0.256 bits per heavy atom. The van der Waals surface area contributed by atoms with Crippen LogP contribution in [-0.2, 0) is 25.7 Å². The van der Waals surface area contributed by atoms with Gasteiger partial charge in [0.2, 0.25) is 0 Å². The third-order valence-corrected chi connectivity index (χ3v) is 17.4. The second kappa shape index (κ2) is 33.7. The van der Waals surface area contributed by atoms with Crippen LogP contribution < -0.4 is 0 Å². The predicted molar refractivity (Wildman–Crippen MR) is 358 cm³/mol. The van der Waals surface area contributed by atoms with Crippen LogP contribution >= 0.6 is 0 Å². The number of unbranched alkanes of at least 4 members (excludes halogenated alkanes) is 20. The van der Waals surface area contributed by atoms with Gasteiger partial charge in [0.25, 0.3) is 0 Å². The average Bonchev–Trinajstić information content (AvgIpc) is 3.55. The summed E-state index contributed by atoms with van der Waals surface area (Å²) in [5.74, 6) is 0.796. The molecule has 0 atom stereocenters. The lowest BCUT2D eigenvalue weighted by Gasteiger charge is -2.20. The van der Waals surface area contributed by atoms with Crippen molar-refractivity contribution in [3.05, 3.63) is 191 Å². The highest BCUT2D eigenvalue weighted by atomic mass is 14.9. The van der Waals surface area contributed by atoms with Crippen molar-refractivity contribution in [3.63, 3.8) is 0 Å². The van der Waals surface area contributed by atoms with E-state index in [1.165, 1.54) is 237 Å². The Balaban J connectivity index is 1.34. The zero-order valence-corrected chi connectivity index (χ0v) is 51.7. The highest BCUT2D eigenvalue weighted by Crippen LogP contribution is 2.40. The van der Waals surface area contributed by atoms with Gasteiger partial charge in [-0.05, 0) is 174 Å². The summed E-state index contributed by atoms with van der Waals surface area (Å²) in [7, 11) is 0. The Labute approximate surface area is 498 Å². The topological polar surface area (TPSA) is 25.8 Å². The molecule has 0 fully saturated rings. The summed E-state index contributed by atoms with van der Waals surface area (Å²) in [5, 5.41) is 0. The summed E-state index contributed by atoms with van der Waals surface area (Å²) in [6.45, 7) is 13.8. The van der Waals surface area contributed by atoms with Gasteiger partial charge in [-0.2, -0.15) is 0 Å². The second-order valence-corrected chi connectivity index (χ2v) is 24.1. The third-order valence-electron chi connectivity index (χ3n) is 17.4. The van der Waals surface area contributed by atoms with E-state index < -0.39 is 0 Å². The van der Waals surface area contributed by atoms with Crippen LogP contribution in [0.25, 0.3) is 78.4 Å². The Morgan fingerprint density at radius 2 is 0.585 bits per heavy atom. The second-order valence-electron chi connectivity index (χ2n) is 24.1. The molecule has 0 aliphatic heterocycles. The van der Waals surface area contributed by atoms with E-state index >= 15 is 0 Å². The lowest BCUT2D eigenvalue weighted by Crippen LogP contribution is -2.04. The molecule has 0 amide bonds. The lowest BCUT2D eigenvalue weighted by molar-refractivity contribution is 0.605. The molecule has 1 aromatic heterocycles. The molecule has 8 rings (SSSR count). The van der Waals surface area contributed by atoms with Crippen LogP contribution in [0, 0.1) is 13.8 Å². The zero-order chi connectivity index (χ0) is 57.1. The SMILES string of the molecule is CCCCCCCCc1cc(-c2cc(-c3cc(CCCCCCCC)c(-c4ccc(-c5ccc(C)cc5)cc4)cc3CCCCCCCC)nc(-c3cc(-c4ccccc4)cc(-c4ccccc4)c3)n2)c(CCCCCCCC)cc1C. The third kappa shape index (κ3) is 18.3. The Bertz CT molecular complexity index is 3070. The fraction of sp³-hybridized carbons (Fsp3) is 0.425. The molecule has 0 bridgehead atoms. The molecule has 0 radical (unpaired) electrons. The van der Waals surface area contributed by atoms with Gasteiger partial charge in [0, 0.05) is 16.7 Å². The molecule has 82 heavy (non-hydrogen) atoms. The summed E-state index contributed by atoms with van der Waals surface area (Å²) < 4.78 is 0. The van der Waals surface area contributed by atoms with E-state index in [1.54, 1.807) is 0 Å². The van der Waals surface area contributed by atoms with Crippen LogP contribution in [0.1, 0.15) is 215 Å². The minimum absolute atomic E-state index is 0.796. The Kier molecular flexibility index (Phi) is 25.3. The Hall–Kier alpha value is -6.38. The van der Waals surface area contributed by atoms with Crippen molar-refractivity contribution in [2.75, 3.05) is 0 Å². The van der Waals surface area contributed by atoms with Crippen LogP contribution in [0.3, 0.4) is 0 Å². The molecule has 0 aliphatic rings. The molecule has 2 heteroatoms. The average molecular weight is 1090 g/mol. The van der Waals surface area contributed by atoms with E-state index in [1.807, 2.05) is 0 Å². The van der Waals surface area contributed by atoms with E-state index in [9.17, 15) is 0 Å². The van der Waals surface area contributed by atoms with Gasteiger partial charge in [0.05, 0.1) is 11.4 Å². The number of hydrogen-bond acceptors (Lipinski definition) is 2. The first-order chi connectivity index (χ1) is 40.3. The van der Waals surface area contributed by atoms with Gasteiger partial charge in [0.1, 0.15) is 0 Å². The molecule has 430 valence electrons. The summed E-state index contributed by atoms with van der Waals surface area (Å²) in [6, 6.07) is 60.0. The smallest absolute Gasteiger partial charge is 0.160 e. The quantitative estimate of drug-likeness (QED) is 0.0370. The highest BCUT2D eigenvalue weighted by Gasteiger charge is 2.21. The van der Waals surface area contributed by atoms with Crippen molar-refractivity contribution in [3.8, 4) is 78.4 Å². The van der Waals surface area contributed by atoms with Crippen molar-refractivity contribution in [2.45, 2.75) is 221 Å². The first-order valence-electron chi connectivity index (χ1n) is 33.0. The van der Waals surface area contributed by atoms with Gasteiger partial charge < -0.3 is 0 Å². The minimum atomic E-state index is 0.796. The fourth-order valence-corrected chi connectivity index (χ4v) is 12.3. The van der Waals surface area contributed by atoms with E-state index in [0.29, 0.717) is 0 Å². The number of nitrogens with zero attached hydrogens (tertiary/aromatic N) is 2. The number of rotatable bonds is 35. The van der Waals surface area contributed by atoms with Crippen LogP contribution in [0.2, 0.25) is 0 Å². The molecule has 2 nitrogen and oxygen atoms in total. The number of aryl methyl sites for hydroxylation is 6. The fourth-order valence-electron chi connectivity index (χ4n) is 12.3. The Morgan fingerprint density at radius 3 is 1.04 bits per heavy atom. The van der Waals surface area contributed by atoms with Crippen LogP contribution in [0.15, 0.2) is 158 Å². The van der Waals surface area contributed by atoms with Crippen LogP contribution in [0.5, 0.6) is 0 Å². The standard InChI is InChI=1S/C80H100N2/c1-7-11-15-19-23-29-41-68-57-76(69(53-62(68)6)42-30-24-20-16-12-8-2)78-60-79(82-80(81-78)74-55-72(63-37-33-27-34-38-63)54-73(56-74)64-39-35-28-36-40-64)77-59-70(43-31-25-21-17-13-9-3)75(58-71(77)44-32-26-22-18-14-10-4)67-51-49-66(50-52-67)65-47-45-61(5)46-48-65/h27-28,33-40,45-60H,7-26,29-32,41-44H2,1-6H3. The molecular weight excluding hydrogens is 989 g/mol. The first kappa shape index (κ1) is 61.7. The summed E-state index contributed by atoms with van der Waals surface area (Å²) in [6.07, 6.45) is 34.8. The van der Waals surface area contributed by atoms with Crippen molar-refractivity contribution in [1.82, 2.24) is 9.97 Å². The maximum absolute atomic E-state index is 5.87. The molecule has 0 unspecified atom stereocenters. The molecule has 1 heterocycles. The highest BCUT2D eigenvalue weighted by molar-refractivity contribution is 5.83. The van der Waals surface area contributed by atoms with E-state index in [-0.39, 0.29) is 0 Å². The summed E-state index contributed by atoms with van der Waals surface area (Å²) in [5.41, 5.74) is 24.1. The maximum Gasteiger partial charge on any atom is 0.160 e. The summed E-state index contributed by atoms with van der Waals surface area (Å²) in [4.78, 5) is 11.7. The largest absolute Gasteiger partial charge is 0.228 e. The molecular formula is C80H100N2. The van der Waals surface area contributed by atoms with Gasteiger partial charge in [-0.15, -0.1) is 0 Å². The van der Waals surface area contributed by atoms with Crippen molar-refractivity contribution in [1.29, 1.82) is 0 Å². The predicted octanol–water partition coefficient (Wildman–Crippen LogP) is 24.4. The number of hydrogen-bond donors (Lipinski definition) is 0. The van der Waals surface area contributed by atoms with Gasteiger partial charge >= 0.3 is 0 Å². The van der Waals surface area contributed by atoms with Gasteiger partial charge in [-0.1, -0.05) is 283 Å². The maximum atomic E-state index is 5.87. The van der Waals surface area contributed by atoms with Crippen LogP contribution in [0.4, 0.5) is 0 Å². The molecule has 0 spiro atoms. The molecule has 0 saturated heterocycles. The van der Waals surface area contributed by atoms with Gasteiger partial charge in [0.15, 0.2) is 5.82 Å². The molecule has 0 N–H and O–H groups in total. The molecule has 0 aliphatic carbocycles. The summed E-state index contributed by atoms with van der Waals surface area (Å²) >= 11 is 0. The number of aromatic nitrogens is 2.